The molecule has 0 saturated carbocycles. The minimum absolute atomic E-state index is 0.0393. The summed E-state index contributed by atoms with van der Waals surface area (Å²) in [5.74, 6) is -0.920. The number of H-pyrrole nitrogens is 1. The Morgan fingerprint density at radius 2 is 1.76 bits per heavy atom. The Morgan fingerprint density at radius 3 is 2.56 bits per heavy atom. The summed E-state index contributed by atoms with van der Waals surface area (Å²) in [6.07, 6.45) is 6.48. The summed E-state index contributed by atoms with van der Waals surface area (Å²) in [6.45, 7) is 1.07. The molecule has 3 atom stereocenters. The standard InChI is InChI=1S/C28H31N3O3/c32-18-20(16-19-8-2-1-3-9-19)29-27(33)23-11-4-5-12-24(23)28(34)31-15-14-22-21-10-6-7-13-25(21)30-26(22)17-31/h1-10,13,20,23-24,30,32H,11-12,14-18H2,(H,29,33)/t20-,23?,24?/m0/s1. The highest BCUT2D eigenvalue weighted by Crippen LogP contribution is 2.32. The molecule has 176 valence electrons. The average Bonchev–Trinajstić information content (AvgIpc) is 3.26. The topological polar surface area (TPSA) is 85.4 Å². The van der Waals surface area contributed by atoms with Crippen molar-refractivity contribution in [1.82, 2.24) is 15.2 Å². The lowest BCUT2D eigenvalue weighted by atomic mass is 9.81. The number of nitrogens with one attached hydrogen (secondary N) is 2. The second-order valence-corrected chi connectivity index (χ2v) is 9.37. The molecule has 6 heteroatoms. The van der Waals surface area contributed by atoms with Crippen molar-refractivity contribution in [2.45, 2.75) is 38.3 Å². The van der Waals surface area contributed by atoms with Crippen LogP contribution in [0.25, 0.3) is 10.9 Å². The SMILES string of the molecule is O=C(N[C@H](CO)Cc1ccccc1)C1CC=CCC1C(=O)N1CCc2c([nH]c3ccccc23)C1. The minimum Gasteiger partial charge on any atom is -0.394 e. The molecule has 3 aromatic rings. The zero-order valence-corrected chi connectivity index (χ0v) is 19.2. The van der Waals surface area contributed by atoms with Crippen molar-refractivity contribution in [2.75, 3.05) is 13.2 Å². The number of hydrogen-bond donors (Lipinski definition) is 3. The maximum Gasteiger partial charge on any atom is 0.227 e. The molecule has 1 aliphatic heterocycles. The highest BCUT2D eigenvalue weighted by Gasteiger charge is 2.38. The van der Waals surface area contributed by atoms with Gasteiger partial charge in [-0.05, 0) is 42.9 Å². The molecular weight excluding hydrogens is 426 g/mol. The molecule has 2 aromatic carbocycles. The fraction of sp³-hybridized carbons (Fsp3) is 0.357. The fourth-order valence-corrected chi connectivity index (χ4v) is 5.36. The van der Waals surface area contributed by atoms with Gasteiger partial charge in [-0.3, -0.25) is 9.59 Å². The lowest BCUT2D eigenvalue weighted by molar-refractivity contribution is -0.143. The lowest BCUT2D eigenvalue weighted by Crippen LogP contribution is -2.49. The average molecular weight is 458 g/mol. The van der Waals surface area contributed by atoms with Gasteiger partial charge in [0.05, 0.1) is 31.0 Å². The molecule has 34 heavy (non-hydrogen) atoms. The van der Waals surface area contributed by atoms with E-state index in [0.29, 0.717) is 32.4 Å². The van der Waals surface area contributed by atoms with Crippen LogP contribution in [0.5, 0.6) is 0 Å². The van der Waals surface area contributed by atoms with Crippen LogP contribution in [-0.4, -0.2) is 46.0 Å². The summed E-state index contributed by atoms with van der Waals surface area (Å²) in [4.78, 5) is 32.2. The molecule has 1 aliphatic carbocycles. The van der Waals surface area contributed by atoms with Crippen molar-refractivity contribution in [3.8, 4) is 0 Å². The van der Waals surface area contributed by atoms with Gasteiger partial charge in [0.1, 0.15) is 0 Å². The quantitative estimate of drug-likeness (QED) is 0.496. The van der Waals surface area contributed by atoms with Crippen molar-refractivity contribution in [2.24, 2.45) is 11.8 Å². The summed E-state index contributed by atoms with van der Waals surface area (Å²) < 4.78 is 0. The zero-order chi connectivity index (χ0) is 23.5. The van der Waals surface area contributed by atoms with Crippen molar-refractivity contribution in [1.29, 1.82) is 0 Å². The van der Waals surface area contributed by atoms with Crippen LogP contribution in [-0.2, 0) is 29.0 Å². The van der Waals surface area contributed by atoms with Gasteiger partial charge < -0.3 is 20.3 Å². The Kier molecular flexibility index (Phi) is 6.50. The van der Waals surface area contributed by atoms with Crippen LogP contribution in [0.2, 0.25) is 0 Å². The molecule has 6 nitrogen and oxygen atoms in total. The molecule has 0 fully saturated rings. The molecular formula is C28H31N3O3. The number of fused-ring (bicyclic) bond motifs is 3. The molecule has 5 rings (SSSR count). The van der Waals surface area contributed by atoms with E-state index in [2.05, 4.69) is 22.4 Å². The van der Waals surface area contributed by atoms with E-state index >= 15 is 0 Å². The van der Waals surface area contributed by atoms with E-state index in [1.54, 1.807) is 0 Å². The number of carbonyl (C=O) groups is 2. The Balaban J connectivity index is 1.28. The van der Waals surface area contributed by atoms with Gasteiger partial charge in [-0.1, -0.05) is 60.7 Å². The van der Waals surface area contributed by atoms with Gasteiger partial charge in [0.15, 0.2) is 0 Å². The van der Waals surface area contributed by atoms with Crippen molar-refractivity contribution >= 4 is 22.7 Å². The Hall–Kier alpha value is -3.38. The molecule has 0 saturated heterocycles. The number of para-hydroxylation sites is 1. The normalized spacial score (nSPS) is 20.7. The molecule has 2 amide bonds. The number of aliphatic hydroxyl groups is 1. The van der Waals surface area contributed by atoms with E-state index in [4.69, 9.17) is 0 Å². The number of aromatic nitrogens is 1. The molecule has 0 bridgehead atoms. The smallest absolute Gasteiger partial charge is 0.227 e. The second kappa shape index (κ2) is 9.85. The number of aliphatic hydroxyl groups excluding tert-OH is 1. The third-order valence-electron chi connectivity index (χ3n) is 7.17. The van der Waals surface area contributed by atoms with Gasteiger partial charge >= 0.3 is 0 Å². The van der Waals surface area contributed by atoms with E-state index in [1.165, 1.54) is 10.9 Å². The minimum atomic E-state index is -0.425. The molecule has 2 unspecified atom stereocenters. The Labute approximate surface area is 199 Å². The Bertz CT molecular complexity index is 1200. The van der Waals surface area contributed by atoms with Crippen molar-refractivity contribution in [3.63, 3.8) is 0 Å². The third kappa shape index (κ3) is 4.50. The van der Waals surface area contributed by atoms with E-state index in [1.807, 2.05) is 59.5 Å². The highest BCUT2D eigenvalue weighted by atomic mass is 16.3. The van der Waals surface area contributed by atoms with Gasteiger partial charge in [-0.25, -0.2) is 0 Å². The van der Waals surface area contributed by atoms with Gasteiger partial charge in [0.2, 0.25) is 11.8 Å². The van der Waals surface area contributed by atoms with E-state index < -0.39 is 5.92 Å². The summed E-state index contributed by atoms with van der Waals surface area (Å²) >= 11 is 0. The van der Waals surface area contributed by atoms with Crippen molar-refractivity contribution in [3.05, 3.63) is 83.6 Å². The van der Waals surface area contributed by atoms with Crippen LogP contribution in [0.3, 0.4) is 0 Å². The maximum absolute atomic E-state index is 13.6. The number of allylic oxidation sites excluding steroid dienone is 2. The number of nitrogens with zero attached hydrogens (tertiary/aromatic N) is 1. The first kappa shape index (κ1) is 22.4. The number of hydrogen-bond acceptors (Lipinski definition) is 3. The third-order valence-corrected chi connectivity index (χ3v) is 7.17. The highest BCUT2D eigenvalue weighted by molar-refractivity contribution is 5.89. The molecule has 1 aromatic heterocycles. The Morgan fingerprint density at radius 1 is 1.03 bits per heavy atom. The summed E-state index contributed by atoms with van der Waals surface area (Å²) in [5.41, 5.74) is 4.55. The summed E-state index contributed by atoms with van der Waals surface area (Å²) in [6, 6.07) is 17.7. The summed E-state index contributed by atoms with van der Waals surface area (Å²) in [5, 5.41) is 14.1. The first-order chi connectivity index (χ1) is 16.6. The fourth-order valence-electron chi connectivity index (χ4n) is 5.36. The predicted molar refractivity (Wildman–Crippen MR) is 132 cm³/mol. The van der Waals surface area contributed by atoms with Gasteiger partial charge in [-0.2, -0.15) is 0 Å². The first-order valence-corrected chi connectivity index (χ1v) is 12.1. The van der Waals surface area contributed by atoms with Gasteiger partial charge in [-0.15, -0.1) is 0 Å². The number of carbonyl (C=O) groups excluding carboxylic acids is 2. The number of aromatic amines is 1. The lowest BCUT2D eigenvalue weighted by Gasteiger charge is -2.34. The second-order valence-electron chi connectivity index (χ2n) is 9.37. The zero-order valence-electron chi connectivity index (χ0n) is 19.2. The number of rotatable bonds is 6. The molecule has 3 N–H and O–H groups in total. The number of benzene rings is 2. The van der Waals surface area contributed by atoms with Crippen LogP contribution >= 0.6 is 0 Å². The van der Waals surface area contributed by atoms with E-state index in [-0.39, 0.29) is 30.4 Å². The summed E-state index contributed by atoms with van der Waals surface area (Å²) in [7, 11) is 0. The van der Waals surface area contributed by atoms with Gasteiger partial charge in [0, 0.05) is 23.1 Å². The van der Waals surface area contributed by atoms with Crippen LogP contribution < -0.4 is 5.32 Å². The van der Waals surface area contributed by atoms with Crippen molar-refractivity contribution < 1.29 is 14.7 Å². The van der Waals surface area contributed by atoms with E-state index in [9.17, 15) is 14.7 Å². The first-order valence-electron chi connectivity index (χ1n) is 12.1. The van der Waals surface area contributed by atoms with Crippen LogP contribution in [0.1, 0.15) is 29.7 Å². The number of amides is 2. The monoisotopic (exact) mass is 457 g/mol. The van der Waals surface area contributed by atoms with Crippen LogP contribution in [0.4, 0.5) is 0 Å². The molecule has 0 spiro atoms. The predicted octanol–water partition coefficient (Wildman–Crippen LogP) is 3.35. The van der Waals surface area contributed by atoms with E-state index in [0.717, 1.165) is 23.2 Å². The van der Waals surface area contributed by atoms with Crippen LogP contribution in [0.15, 0.2) is 66.7 Å². The van der Waals surface area contributed by atoms with Gasteiger partial charge in [0.25, 0.3) is 0 Å². The van der Waals surface area contributed by atoms with Crippen LogP contribution in [0, 0.1) is 11.8 Å². The maximum atomic E-state index is 13.6. The molecule has 2 heterocycles. The molecule has 2 aliphatic rings. The largest absolute Gasteiger partial charge is 0.394 e. The molecule has 0 radical (unpaired) electrons.